The Morgan fingerprint density at radius 2 is 2.09 bits per heavy atom. The predicted octanol–water partition coefficient (Wildman–Crippen LogP) is 1.74. The first kappa shape index (κ1) is 16.7. The van der Waals surface area contributed by atoms with E-state index >= 15 is 0 Å². The van der Waals surface area contributed by atoms with Gasteiger partial charge in [0.1, 0.15) is 6.10 Å². The van der Waals surface area contributed by atoms with Crippen molar-refractivity contribution in [2.45, 2.75) is 71.6 Å². The number of amides is 1. The molecule has 122 valence electrons. The Labute approximate surface area is 130 Å². The van der Waals surface area contributed by atoms with E-state index < -0.39 is 6.10 Å². The van der Waals surface area contributed by atoms with E-state index in [4.69, 9.17) is 4.74 Å². The average Bonchev–Trinajstić information content (AvgIpc) is 3.01. The Balaban J connectivity index is 1.96. The molecule has 1 fully saturated rings. The largest absolute Gasteiger partial charge is 0.365 e. The van der Waals surface area contributed by atoms with Gasteiger partial charge in [0.05, 0.1) is 11.8 Å². The number of nitrogens with zero attached hydrogens (tertiary/aromatic N) is 1. The standard InChI is InChI=1S/C16H25N3O3/c1-4-14(22-12-7-5-6-8-12)16(21)17-9-13-10(2)11(3)18-19-15(13)20/h12,14H,4-9H2,1-3H3,(H,17,21)(H,19,20). The number of aryl methyl sites for hydroxylation is 1. The molecular formula is C16H25N3O3. The summed E-state index contributed by atoms with van der Waals surface area (Å²) in [5.41, 5.74) is 1.87. The molecule has 1 unspecified atom stereocenters. The second-order valence-corrected chi connectivity index (χ2v) is 5.90. The fraction of sp³-hybridized carbons (Fsp3) is 0.688. The number of rotatable bonds is 6. The molecule has 1 saturated carbocycles. The second kappa shape index (κ2) is 7.54. The normalized spacial score (nSPS) is 16.7. The quantitative estimate of drug-likeness (QED) is 0.838. The summed E-state index contributed by atoms with van der Waals surface area (Å²) in [6.07, 6.45) is 4.81. The SMILES string of the molecule is CCC(OC1CCCC1)C(=O)NCc1c(C)c(C)n[nH]c1=O. The van der Waals surface area contributed by atoms with Gasteiger partial charge in [-0.15, -0.1) is 0 Å². The first-order valence-corrected chi connectivity index (χ1v) is 8.00. The molecule has 1 heterocycles. The third kappa shape index (κ3) is 3.94. The van der Waals surface area contributed by atoms with Crippen LogP contribution < -0.4 is 10.9 Å². The van der Waals surface area contributed by atoms with Crippen LogP contribution >= 0.6 is 0 Å². The van der Waals surface area contributed by atoms with Crippen LogP contribution in [-0.2, 0) is 16.1 Å². The topological polar surface area (TPSA) is 84.1 Å². The van der Waals surface area contributed by atoms with Gasteiger partial charge in [-0.05, 0) is 38.7 Å². The molecule has 22 heavy (non-hydrogen) atoms. The van der Waals surface area contributed by atoms with E-state index in [0.717, 1.165) is 24.1 Å². The molecule has 0 spiro atoms. The van der Waals surface area contributed by atoms with Crippen molar-refractivity contribution < 1.29 is 9.53 Å². The Morgan fingerprint density at radius 1 is 1.41 bits per heavy atom. The second-order valence-electron chi connectivity index (χ2n) is 5.90. The van der Waals surface area contributed by atoms with E-state index in [1.807, 2.05) is 20.8 Å². The highest BCUT2D eigenvalue weighted by Gasteiger charge is 2.24. The van der Waals surface area contributed by atoms with Crippen LogP contribution in [0.3, 0.4) is 0 Å². The van der Waals surface area contributed by atoms with E-state index in [1.54, 1.807) is 0 Å². The van der Waals surface area contributed by atoms with Gasteiger partial charge in [0.15, 0.2) is 0 Å². The van der Waals surface area contributed by atoms with Crippen molar-refractivity contribution in [2.24, 2.45) is 0 Å². The molecule has 6 heteroatoms. The molecule has 0 aromatic carbocycles. The lowest BCUT2D eigenvalue weighted by molar-refractivity contribution is -0.137. The van der Waals surface area contributed by atoms with Gasteiger partial charge >= 0.3 is 0 Å². The maximum absolute atomic E-state index is 12.3. The van der Waals surface area contributed by atoms with Crippen molar-refractivity contribution in [1.82, 2.24) is 15.5 Å². The monoisotopic (exact) mass is 307 g/mol. The van der Waals surface area contributed by atoms with E-state index in [9.17, 15) is 9.59 Å². The van der Waals surface area contributed by atoms with Crippen LogP contribution in [0.5, 0.6) is 0 Å². The average molecular weight is 307 g/mol. The third-order valence-corrected chi connectivity index (χ3v) is 4.36. The molecule has 1 aromatic heterocycles. The fourth-order valence-electron chi connectivity index (χ4n) is 2.78. The summed E-state index contributed by atoms with van der Waals surface area (Å²) in [6.45, 7) is 5.81. The summed E-state index contributed by atoms with van der Waals surface area (Å²) in [5, 5.41) is 9.18. The zero-order valence-corrected chi connectivity index (χ0v) is 13.6. The van der Waals surface area contributed by atoms with E-state index in [2.05, 4.69) is 15.5 Å². The van der Waals surface area contributed by atoms with Gasteiger partial charge < -0.3 is 10.1 Å². The number of hydrogen-bond acceptors (Lipinski definition) is 4. The highest BCUT2D eigenvalue weighted by atomic mass is 16.5. The van der Waals surface area contributed by atoms with Gasteiger partial charge in [-0.25, -0.2) is 5.10 Å². The highest BCUT2D eigenvalue weighted by Crippen LogP contribution is 2.23. The first-order chi connectivity index (χ1) is 10.5. The molecule has 0 aliphatic heterocycles. The smallest absolute Gasteiger partial charge is 0.269 e. The van der Waals surface area contributed by atoms with Crippen molar-refractivity contribution >= 4 is 5.91 Å². The lowest BCUT2D eigenvalue weighted by Gasteiger charge is -2.20. The molecule has 0 saturated heterocycles. The van der Waals surface area contributed by atoms with Crippen molar-refractivity contribution in [1.29, 1.82) is 0 Å². The minimum Gasteiger partial charge on any atom is -0.365 e. The van der Waals surface area contributed by atoms with Gasteiger partial charge in [0.25, 0.3) is 5.56 Å². The van der Waals surface area contributed by atoms with E-state index in [-0.39, 0.29) is 24.1 Å². The van der Waals surface area contributed by atoms with Crippen LogP contribution in [0.4, 0.5) is 0 Å². The molecule has 2 rings (SSSR count). The van der Waals surface area contributed by atoms with Crippen molar-refractivity contribution in [3.8, 4) is 0 Å². The number of aromatic nitrogens is 2. The Morgan fingerprint density at radius 3 is 2.73 bits per heavy atom. The zero-order chi connectivity index (χ0) is 16.1. The van der Waals surface area contributed by atoms with Crippen LogP contribution in [0.15, 0.2) is 4.79 Å². The number of carbonyl (C=O) groups excluding carboxylic acids is 1. The summed E-state index contributed by atoms with van der Waals surface area (Å²) in [6, 6.07) is 0. The lowest BCUT2D eigenvalue weighted by atomic mass is 10.1. The van der Waals surface area contributed by atoms with Crippen molar-refractivity contribution in [3.05, 3.63) is 27.2 Å². The van der Waals surface area contributed by atoms with E-state index in [1.165, 1.54) is 12.8 Å². The van der Waals surface area contributed by atoms with Crippen LogP contribution in [0, 0.1) is 13.8 Å². The number of carbonyl (C=O) groups is 1. The number of H-pyrrole nitrogens is 1. The van der Waals surface area contributed by atoms with Gasteiger partial charge in [-0.2, -0.15) is 5.10 Å². The Hall–Kier alpha value is -1.69. The molecule has 1 amide bonds. The number of ether oxygens (including phenoxy) is 1. The van der Waals surface area contributed by atoms with E-state index in [0.29, 0.717) is 12.0 Å². The maximum Gasteiger partial charge on any atom is 0.269 e. The highest BCUT2D eigenvalue weighted by molar-refractivity contribution is 5.80. The third-order valence-electron chi connectivity index (χ3n) is 4.36. The summed E-state index contributed by atoms with van der Waals surface area (Å²) < 4.78 is 5.88. The number of nitrogens with one attached hydrogen (secondary N) is 2. The maximum atomic E-state index is 12.3. The molecule has 6 nitrogen and oxygen atoms in total. The molecule has 1 atom stereocenters. The van der Waals surface area contributed by atoms with Crippen molar-refractivity contribution in [2.75, 3.05) is 0 Å². The van der Waals surface area contributed by atoms with Gasteiger partial charge in [-0.3, -0.25) is 9.59 Å². The molecule has 1 aliphatic carbocycles. The van der Waals surface area contributed by atoms with Crippen molar-refractivity contribution in [3.63, 3.8) is 0 Å². The zero-order valence-electron chi connectivity index (χ0n) is 13.6. The fourth-order valence-corrected chi connectivity index (χ4v) is 2.78. The van der Waals surface area contributed by atoms with Crippen LogP contribution in [0.25, 0.3) is 0 Å². The van der Waals surface area contributed by atoms with Gasteiger partial charge in [0, 0.05) is 12.1 Å². The first-order valence-electron chi connectivity index (χ1n) is 8.00. The molecular weight excluding hydrogens is 282 g/mol. The predicted molar refractivity (Wildman–Crippen MR) is 83.6 cm³/mol. The minimum atomic E-state index is -0.439. The van der Waals surface area contributed by atoms with Gasteiger partial charge in [-0.1, -0.05) is 19.8 Å². The summed E-state index contributed by atoms with van der Waals surface area (Å²) >= 11 is 0. The molecule has 1 aromatic rings. The molecule has 0 radical (unpaired) electrons. The molecule has 2 N–H and O–H groups in total. The summed E-state index contributed by atoms with van der Waals surface area (Å²) in [5.74, 6) is -0.150. The molecule has 1 aliphatic rings. The lowest BCUT2D eigenvalue weighted by Crippen LogP contribution is -2.38. The minimum absolute atomic E-state index is 0.150. The number of hydrogen-bond donors (Lipinski definition) is 2. The number of aromatic amines is 1. The Bertz CT molecular complexity index is 576. The van der Waals surface area contributed by atoms with Crippen LogP contribution in [0.2, 0.25) is 0 Å². The molecule has 0 bridgehead atoms. The summed E-state index contributed by atoms with van der Waals surface area (Å²) in [4.78, 5) is 24.1. The summed E-state index contributed by atoms with van der Waals surface area (Å²) in [7, 11) is 0. The Kier molecular flexibility index (Phi) is 5.71. The van der Waals surface area contributed by atoms with Gasteiger partial charge in [0.2, 0.25) is 5.91 Å². The van der Waals surface area contributed by atoms with Crippen LogP contribution in [-0.4, -0.2) is 28.3 Å². The van der Waals surface area contributed by atoms with Crippen LogP contribution in [0.1, 0.15) is 55.8 Å².